The Morgan fingerprint density at radius 3 is 2.79 bits per heavy atom. The van der Waals surface area contributed by atoms with Gasteiger partial charge in [0.2, 0.25) is 5.89 Å². The van der Waals surface area contributed by atoms with Crippen molar-refractivity contribution in [3.63, 3.8) is 0 Å². The van der Waals surface area contributed by atoms with Crippen LogP contribution >= 0.6 is 0 Å². The summed E-state index contributed by atoms with van der Waals surface area (Å²) in [5.41, 5.74) is 2.13. The highest BCUT2D eigenvalue weighted by molar-refractivity contribution is 5.84. The van der Waals surface area contributed by atoms with E-state index >= 15 is 0 Å². The molecule has 0 radical (unpaired) electrons. The van der Waals surface area contributed by atoms with Crippen molar-refractivity contribution in [2.75, 3.05) is 5.32 Å². The van der Waals surface area contributed by atoms with Gasteiger partial charge in [-0.05, 0) is 17.5 Å². The first-order valence-electron chi connectivity index (χ1n) is 6.08. The molecule has 2 aromatic rings. The third-order valence-electron chi connectivity index (χ3n) is 2.78. The smallest absolute Gasteiger partial charge is 0.357 e. The molecule has 0 aliphatic rings. The number of aromatic nitrogens is 1. The van der Waals surface area contributed by atoms with E-state index in [0.29, 0.717) is 18.4 Å². The maximum Gasteiger partial charge on any atom is 0.357 e. The van der Waals surface area contributed by atoms with Gasteiger partial charge >= 0.3 is 5.97 Å². The normalized spacial score (nSPS) is 10.7. The molecule has 2 rings (SSSR count). The van der Waals surface area contributed by atoms with E-state index in [0.717, 1.165) is 12.0 Å². The van der Waals surface area contributed by atoms with E-state index in [2.05, 4.69) is 30.2 Å². The molecule has 5 heteroatoms. The number of hydrogen-bond acceptors (Lipinski definition) is 4. The molecule has 0 saturated carbocycles. The highest BCUT2D eigenvalue weighted by Gasteiger charge is 2.11. The second kappa shape index (κ2) is 5.56. The third-order valence-corrected chi connectivity index (χ3v) is 2.78. The molecule has 19 heavy (non-hydrogen) atoms. The molecule has 0 fully saturated rings. The molecule has 0 aliphatic heterocycles. The second-order valence-electron chi connectivity index (χ2n) is 4.53. The number of para-hydroxylation sites is 1. The van der Waals surface area contributed by atoms with Crippen LogP contribution in [0.4, 0.5) is 5.69 Å². The maximum atomic E-state index is 10.7. The van der Waals surface area contributed by atoms with Gasteiger partial charge in [-0.1, -0.05) is 32.0 Å². The van der Waals surface area contributed by atoms with Gasteiger partial charge in [-0.15, -0.1) is 0 Å². The van der Waals surface area contributed by atoms with Gasteiger partial charge in [0.25, 0.3) is 0 Å². The summed E-state index contributed by atoms with van der Waals surface area (Å²) in [5, 5.41) is 12.0. The number of oxazole rings is 1. The Kier molecular flexibility index (Phi) is 3.85. The van der Waals surface area contributed by atoms with E-state index in [9.17, 15) is 4.79 Å². The summed E-state index contributed by atoms with van der Waals surface area (Å²) in [5.74, 6) is -0.323. The van der Waals surface area contributed by atoms with Crippen molar-refractivity contribution in [3.05, 3.63) is 47.7 Å². The van der Waals surface area contributed by atoms with Crippen LogP contribution in [-0.4, -0.2) is 16.1 Å². The van der Waals surface area contributed by atoms with Gasteiger partial charge in [-0.2, -0.15) is 0 Å². The summed E-state index contributed by atoms with van der Waals surface area (Å²) in [6, 6.07) is 7.99. The monoisotopic (exact) mass is 260 g/mol. The second-order valence-corrected chi connectivity index (χ2v) is 4.53. The van der Waals surface area contributed by atoms with Crippen molar-refractivity contribution < 1.29 is 14.3 Å². The number of hydrogen-bond donors (Lipinski definition) is 2. The van der Waals surface area contributed by atoms with E-state index in [4.69, 9.17) is 9.52 Å². The number of benzene rings is 1. The first-order chi connectivity index (χ1) is 9.08. The summed E-state index contributed by atoms with van der Waals surface area (Å²) >= 11 is 0. The van der Waals surface area contributed by atoms with Gasteiger partial charge in [0, 0.05) is 5.69 Å². The van der Waals surface area contributed by atoms with Crippen LogP contribution in [0, 0.1) is 0 Å². The molecule has 0 saturated heterocycles. The molecule has 2 N–H and O–H groups in total. The van der Waals surface area contributed by atoms with Crippen LogP contribution in [0.15, 0.2) is 34.9 Å². The predicted octanol–water partition coefficient (Wildman–Crippen LogP) is 3.11. The van der Waals surface area contributed by atoms with Gasteiger partial charge in [0.05, 0.1) is 6.54 Å². The Hall–Kier alpha value is -2.30. The summed E-state index contributed by atoms with van der Waals surface area (Å²) in [6.07, 6.45) is 1.15. The van der Waals surface area contributed by atoms with E-state index in [1.165, 1.54) is 5.56 Å². The fourth-order valence-corrected chi connectivity index (χ4v) is 1.82. The number of aromatic carboxylic acids is 1. The van der Waals surface area contributed by atoms with Crippen LogP contribution in [0.1, 0.15) is 41.7 Å². The third kappa shape index (κ3) is 3.13. The molecule has 1 heterocycles. The van der Waals surface area contributed by atoms with Crippen LogP contribution in [0.2, 0.25) is 0 Å². The maximum absolute atomic E-state index is 10.7. The zero-order valence-electron chi connectivity index (χ0n) is 10.9. The van der Waals surface area contributed by atoms with E-state index in [1.54, 1.807) is 0 Å². The molecule has 0 atom stereocenters. The zero-order valence-corrected chi connectivity index (χ0v) is 10.9. The Morgan fingerprint density at radius 2 is 2.16 bits per heavy atom. The summed E-state index contributed by atoms with van der Waals surface area (Å²) in [7, 11) is 0. The highest BCUT2D eigenvalue weighted by atomic mass is 16.4. The van der Waals surface area contributed by atoms with Crippen LogP contribution in [-0.2, 0) is 6.54 Å². The van der Waals surface area contributed by atoms with Crippen molar-refractivity contribution in [3.8, 4) is 0 Å². The molecule has 0 aliphatic carbocycles. The van der Waals surface area contributed by atoms with Crippen molar-refractivity contribution in [1.82, 2.24) is 4.98 Å². The molecule has 0 unspecified atom stereocenters. The van der Waals surface area contributed by atoms with Gasteiger partial charge in [-0.25, -0.2) is 9.78 Å². The molecule has 1 aromatic heterocycles. The lowest BCUT2D eigenvalue weighted by Gasteiger charge is -2.13. The Bertz CT molecular complexity index is 576. The van der Waals surface area contributed by atoms with E-state index in [1.807, 2.05) is 18.2 Å². The predicted molar refractivity (Wildman–Crippen MR) is 71.3 cm³/mol. The Labute approximate surface area is 111 Å². The van der Waals surface area contributed by atoms with Crippen molar-refractivity contribution in [2.24, 2.45) is 0 Å². The fourth-order valence-electron chi connectivity index (χ4n) is 1.82. The minimum atomic E-state index is -1.09. The minimum absolute atomic E-state index is 0.0751. The number of carboxylic acids is 1. The highest BCUT2D eigenvalue weighted by Crippen LogP contribution is 2.24. The SMILES string of the molecule is CC(C)c1ccccc1NCc1nc(C(=O)O)co1. The number of carbonyl (C=O) groups is 1. The van der Waals surface area contributed by atoms with Crippen LogP contribution in [0.25, 0.3) is 0 Å². The number of anilines is 1. The minimum Gasteiger partial charge on any atom is -0.476 e. The summed E-state index contributed by atoms with van der Waals surface area (Å²) in [6.45, 7) is 4.60. The lowest BCUT2D eigenvalue weighted by molar-refractivity contribution is 0.0690. The van der Waals surface area contributed by atoms with Crippen molar-refractivity contribution in [2.45, 2.75) is 26.3 Å². The largest absolute Gasteiger partial charge is 0.476 e. The molecule has 0 amide bonds. The topological polar surface area (TPSA) is 75.4 Å². The lowest BCUT2D eigenvalue weighted by atomic mass is 10.0. The van der Waals surface area contributed by atoms with E-state index < -0.39 is 5.97 Å². The molecular formula is C14H16N2O3. The standard InChI is InChI=1S/C14H16N2O3/c1-9(2)10-5-3-4-6-11(10)15-7-13-16-12(8-19-13)14(17)18/h3-6,8-9,15H,7H2,1-2H3,(H,17,18). The molecule has 1 aromatic carbocycles. The quantitative estimate of drug-likeness (QED) is 0.863. The summed E-state index contributed by atoms with van der Waals surface area (Å²) < 4.78 is 5.09. The van der Waals surface area contributed by atoms with Crippen molar-refractivity contribution >= 4 is 11.7 Å². The molecule has 0 bridgehead atoms. The first kappa shape index (κ1) is 13.1. The Morgan fingerprint density at radius 1 is 1.42 bits per heavy atom. The lowest BCUT2D eigenvalue weighted by Crippen LogP contribution is -2.04. The Balaban J connectivity index is 2.08. The van der Waals surface area contributed by atoms with Crippen LogP contribution in [0.3, 0.4) is 0 Å². The number of carboxylic acid groups (broad SMARTS) is 1. The summed E-state index contributed by atoms with van der Waals surface area (Å²) in [4.78, 5) is 14.6. The van der Waals surface area contributed by atoms with Gasteiger partial charge in [-0.3, -0.25) is 0 Å². The molecular weight excluding hydrogens is 244 g/mol. The van der Waals surface area contributed by atoms with Gasteiger partial charge in [0.15, 0.2) is 5.69 Å². The molecule has 100 valence electrons. The number of rotatable bonds is 5. The van der Waals surface area contributed by atoms with Crippen LogP contribution in [0.5, 0.6) is 0 Å². The van der Waals surface area contributed by atoms with E-state index in [-0.39, 0.29) is 5.69 Å². The van der Waals surface area contributed by atoms with Crippen molar-refractivity contribution in [1.29, 1.82) is 0 Å². The number of nitrogens with zero attached hydrogens (tertiary/aromatic N) is 1. The average molecular weight is 260 g/mol. The molecule has 5 nitrogen and oxygen atoms in total. The average Bonchev–Trinajstić information content (AvgIpc) is 2.85. The van der Waals surface area contributed by atoms with Gasteiger partial charge in [0.1, 0.15) is 6.26 Å². The zero-order chi connectivity index (χ0) is 13.8. The van der Waals surface area contributed by atoms with Gasteiger partial charge < -0.3 is 14.8 Å². The fraction of sp³-hybridized carbons (Fsp3) is 0.286. The van der Waals surface area contributed by atoms with Crippen LogP contribution < -0.4 is 5.32 Å². The molecule has 0 spiro atoms. The number of nitrogens with one attached hydrogen (secondary N) is 1. The first-order valence-corrected chi connectivity index (χ1v) is 6.08.